The van der Waals surface area contributed by atoms with E-state index in [9.17, 15) is 9.90 Å². The van der Waals surface area contributed by atoms with Crippen molar-refractivity contribution in [2.45, 2.75) is 0 Å². The Bertz CT molecular complexity index is 947. The highest BCUT2D eigenvalue weighted by Crippen LogP contribution is 2.34. The molecular weight excluding hydrogens is 339 g/mol. The smallest absolute Gasteiger partial charge is 0.292 e. The van der Waals surface area contributed by atoms with Gasteiger partial charge in [-0.2, -0.15) is 0 Å². The normalized spacial score (nSPS) is 11.2. The van der Waals surface area contributed by atoms with Gasteiger partial charge < -0.3 is 5.11 Å². The number of benzene rings is 2. The number of halogens is 2. The molecule has 2 aromatic carbocycles. The summed E-state index contributed by atoms with van der Waals surface area (Å²) in [5, 5.41) is 23.3. The van der Waals surface area contributed by atoms with E-state index in [-0.39, 0.29) is 16.5 Å². The molecule has 0 fully saturated rings. The molecule has 0 spiro atoms. The third-order valence-electron chi connectivity index (χ3n) is 3.08. The van der Waals surface area contributed by atoms with Crippen molar-refractivity contribution in [1.29, 1.82) is 0 Å². The van der Waals surface area contributed by atoms with Gasteiger partial charge in [-0.1, -0.05) is 41.4 Å². The highest BCUT2D eigenvalue weighted by atomic mass is 35.5. The Kier molecular flexibility index (Phi) is 4.18. The average Bonchev–Trinajstić information content (AvgIpc) is 2.90. The molecule has 6 nitrogen and oxygen atoms in total. The van der Waals surface area contributed by atoms with Crippen LogP contribution in [-0.4, -0.2) is 15.3 Å². The molecule has 3 N–H and O–H groups in total. The topological polar surface area (TPSA) is 93.6 Å². The fraction of sp³-hybridized carbons (Fsp3) is 0. The van der Waals surface area contributed by atoms with Gasteiger partial charge in [0.25, 0.3) is 5.56 Å². The van der Waals surface area contributed by atoms with E-state index in [1.165, 1.54) is 12.1 Å². The molecule has 0 aliphatic heterocycles. The van der Waals surface area contributed by atoms with E-state index in [1.54, 1.807) is 30.3 Å². The zero-order valence-electron chi connectivity index (χ0n) is 11.5. The van der Waals surface area contributed by atoms with E-state index in [0.29, 0.717) is 22.0 Å². The lowest BCUT2D eigenvalue weighted by Gasteiger charge is -2.00. The van der Waals surface area contributed by atoms with Crippen LogP contribution in [0, 0.1) is 0 Å². The maximum Gasteiger partial charge on any atom is 0.292 e. The molecule has 0 unspecified atom stereocenters. The van der Waals surface area contributed by atoms with Gasteiger partial charge in [0.05, 0.1) is 15.7 Å². The molecule has 1 heterocycles. The van der Waals surface area contributed by atoms with Crippen LogP contribution in [-0.2, 0) is 0 Å². The summed E-state index contributed by atoms with van der Waals surface area (Å²) in [5.41, 5.74) is 0.987. The van der Waals surface area contributed by atoms with Crippen LogP contribution >= 0.6 is 23.2 Å². The molecule has 0 radical (unpaired) electrons. The molecule has 0 atom stereocenters. The van der Waals surface area contributed by atoms with Crippen molar-refractivity contribution in [2.75, 3.05) is 0 Å². The number of nitrogens with one attached hydrogen (secondary N) is 2. The van der Waals surface area contributed by atoms with Gasteiger partial charge in [-0.25, -0.2) is 0 Å². The molecule has 8 heteroatoms. The van der Waals surface area contributed by atoms with Crippen LogP contribution in [0.4, 0.5) is 11.4 Å². The van der Waals surface area contributed by atoms with Crippen LogP contribution < -0.4 is 5.56 Å². The van der Waals surface area contributed by atoms with Crippen molar-refractivity contribution in [1.82, 2.24) is 10.2 Å². The first kappa shape index (κ1) is 15.3. The number of hydrogen-bond donors (Lipinski definition) is 3. The summed E-state index contributed by atoms with van der Waals surface area (Å²) in [6.07, 6.45) is 0. The van der Waals surface area contributed by atoms with Crippen LogP contribution in [0.25, 0.3) is 11.3 Å². The molecule has 23 heavy (non-hydrogen) atoms. The van der Waals surface area contributed by atoms with E-state index in [4.69, 9.17) is 23.2 Å². The van der Waals surface area contributed by atoms with E-state index in [0.717, 1.165) is 0 Å². The molecule has 3 rings (SSSR count). The van der Waals surface area contributed by atoms with Crippen LogP contribution in [0.2, 0.25) is 10.0 Å². The standard InChI is InChI=1S/C15H10Cl2N4O2/c16-10-5-2-6-11(12(10)17)18-20-14-13(19-21-15(14)23)8-3-1-4-9(22)7-8/h1-7,22H,(H2,19,21,23). The molecule has 116 valence electrons. The first-order valence-electron chi connectivity index (χ1n) is 6.52. The van der Waals surface area contributed by atoms with Crippen LogP contribution in [0.1, 0.15) is 0 Å². The average molecular weight is 349 g/mol. The second-order valence-corrected chi connectivity index (χ2v) is 5.41. The van der Waals surface area contributed by atoms with Gasteiger partial charge in [0, 0.05) is 5.56 Å². The summed E-state index contributed by atoms with van der Waals surface area (Å²) in [6, 6.07) is 11.4. The van der Waals surface area contributed by atoms with Crippen molar-refractivity contribution < 1.29 is 5.11 Å². The van der Waals surface area contributed by atoms with Gasteiger partial charge in [-0.3, -0.25) is 15.0 Å². The lowest BCUT2D eigenvalue weighted by Crippen LogP contribution is -1.96. The molecular formula is C15H10Cl2N4O2. The summed E-state index contributed by atoms with van der Waals surface area (Å²) in [6.45, 7) is 0. The zero-order chi connectivity index (χ0) is 16.4. The van der Waals surface area contributed by atoms with Crippen molar-refractivity contribution >= 4 is 34.6 Å². The van der Waals surface area contributed by atoms with Gasteiger partial charge in [0.15, 0.2) is 5.69 Å². The molecule has 0 bridgehead atoms. The molecule has 0 amide bonds. The number of phenols is 1. The second-order valence-electron chi connectivity index (χ2n) is 4.63. The SMILES string of the molecule is O=c1[nH][nH]c(-c2cccc(O)c2)c1N=Nc1cccc(Cl)c1Cl. The summed E-state index contributed by atoms with van der Waals surface area (Å²) in [4.78, 5) is 11.9. The summed E-state index contributed by atoms with van der Waals surface area (Å²) < 4.78 is 0. The van der Waals surface area contributed by atoms with Gasteiger partial charge in [0.1, 0.15) is 11.4 Å². The van der Waals surface area contributed by atoms with Crippen molar-refractivity contribution in [3.63, 3.8) is 0 Å². The fourth-order valence-corrected chi connectivity index (χ4v) is 2.32. The zero-order valence-corrected chi connectivity index (χ0v) is 13.1. The van der Waals surface area contributed by atoms with Crippen molar-refractivity contribution in [3.8, 4) is 17.0 Å². The fourth-order valence-electron chi connectivity index (χ4n) is 1.99. The highest BCUT2D eigenvalue weighted by Gasteiger charge is 2.12. The number of aromatic hydroxyl groups is 1. The second kappa shape index (κ2) is 6.28. The molecule has 0 saturated heterocycles. The Morgan fingerprint density at radius 2 is 1.78 bits per heavy atom. The minimum Gasteiger partial charge on any atom is -0.508 e. The maximum atomic E-state index is 11.9. The number of azo groups is 1. The largest absolute Gasteiger partial charge is 0.508 e. The van der Waals surface area contributed by atoms with Gasteiger partial charge >= 0.3 is 0 Å². The predicted molar refractivity (Wildman–Crippen MR) is 89.2 cm³/mol. The predicted octanol–water partition coefficient (Wildman–Crippen LogP) is 4.80. The molecule has 3 aromatic rings. The third kappa shape index (κ3) is 3.13. The first-order valence-corrected chi connectivity index (χ1v) is 7.27. The Balaban J connectivity index is 2.04. The number of nitrogens with zero attached hydrogens (tertiary/aromatic N) is 2. The summed E-state index contributed by atoms with van der Waals surface area (Å²) in [5.74, 6) is 0.0744. The van der Waals surface area contributed by atoms with Crippen LogP contribution in [0.3, 0.4) is 0 Å². The summed E-state index contributed by atoms with van der Waals surface area (Å²) >= 11 is 12.0. The summed E-state index contributed by atoms with van der Waals surface area (Å²) in [7, 11) is 0. The molecule has 0 aliphatic carbocycles. The Hall–Kier alpha value is -2.57. The lowest BCUT2D eigenvalue weighted by molar-refractivity contribution is 0.475. The van der Waals surface area contributed by atoms with Gasteiger partial charge in [0.2, 0.25) is 0 Å². The number of rotatable bonds is 3. The molecule has 1 aromatic heterocycles. The van der Waals surface area contributed by atoms with Gasteiger partial charge in [-0.15, -0.1) is 10.2 Å². The van der Waals surface area contributed by atoms with Crippen LogP contribution in [0.15, 0.2) is 57.5 Å². The van der Waals surface area contributed by atoms with E-state index in [2.05, 4.69) is 20.4 Å². The quantitative estimate of drug-likeness (QED) is 0.593. The minimum atomic E-state index is -0.440. The number of aromatic amines is 2. The van der Waals surface area contributed by atoms with E-state index < -0.39 is 5.56 Å². The van der Waals surface area contributed by atoms with Gasteiger partial charge in [-0.05, 0) is 24.3 Å². The minimum absolute atomic E-state index is 0.0744. The maximum absolute atomic E-state index is 11.9. The number of H-pyrrole nitrogens is 2. The number of aromatic nitrogens is 2. The van der Waals surface area contributed by atoms with Crippen molar-refractivity contribution in [2.24, 2.45) is 10.2 Å². The highest BCUT2D eigenvalue weighted by molar-refractivity contribution is 6.43. The number of hydrogen-bond acceptors (Lipinski definition) is 4. The van der Waals surface area contributed by atoms with E-state index >= 15 is 0 Å². The van der Waals surface area contributed by atoms with E-state index in [1.807, 2.05) is 0 Å². The monoisotopic (exact) mass is 348 g/mol. The van der Waals surface area contributed by atoms with Crippen LogP contribution in [0.5, 0.6) is 5.75 Å². The Labute approximate surface area is 140 Å². The first-order chi connectivity index (χ1) is 11.1. The Morgan fingerprint density at radius 3 is 2.57 bits per heavy atom. The lowest BCUT2D eigenvalue weighted by atomic mass is 10.1. The molecule has 0 saturated carbocycles. The Morgan fingerprint density at radius 1 is 1.00 bits per heavy atom. The molecule has 0 aliphatic rings. The number of phenolic OH excluding ortho intramolecular Hbond substituents is 1. The third-order valence-corrected chi connectivity index (χ3v) is 3.89. The van der Waals surface area contributed by atoms with Crippen molar-refractivity contribution in [3.05, 3.63) is 62.9 Å².